The molecule has 1 aliphatic heterocycles. The Morgan fingerprint density at radius 3 is 3.11 bits per heavy atom. The number of hydrogen-bond acceptors (Lipinski definition) is 4. The van der Waals surface area contributed by atoms with E-state index in [1.165, 1.54) is 0 Å². The summed E-state index contributed by atoms with van der Waals surface area (Å²) in [6.07, 6.45) is 1.48. The SMILES string of the molecule is CCCn1nc2c(c1C)C(c1cscn1)CC(=O)N2. The molecule has 0 radical (unpaired) electrons. The van der Waals surface area contributed by atoms with E-state index in [4.69, 9.17) is 0 Å². The zero-order valence-corrected chi connectivity index (χ0v) is 11.8. The summed E-state index contributed by atoms with van der Waals surface area (Å²) < 4.78 is 1.98. The molecule has 0 fully saturated rings. The summed E-state index contributed by atoms with van der Waals surface area (Å²) in [7, 11) is 0. The number of carbonyl (C=O) groups is 1. The number of hydrogen-bond donors (Lipinski definition) is 1. The van der Waals surface area contributed by atoms with Crippen molar-refractivity contribution in [2.45, 2.75) is 39.2 Å². The lowest BCUT2D eigenvalue weighted by atomic mass is 9.90. The fourth-order valence-corrected chi connectivity index (χ4v) is 3.22. The highest BCUT2D eigenvalue weighted by atomic mass is 32.1. The smallest absolute Gasteiger partial charge is 0.226 e. The first-order chi connectivity index (χ1) is 9.20. The molecule has 0 saturated carbocycles. The molecule has 1 atom stereocenters. The van der Waals surface area contributed by atoms with Crippen LogP contribution in [0.1, 0.15) is 42.6 Å². The Balaban J connectivity index is 2.09. The van der Waals surface area contributed by atoms with Crippen LogP contribution in [0, 0.1) is 6.92 Å². The van der Waals surface area contributed by atoms with Gasteiger partial charge in [-0.3, -0.25) is 9.48 Å². The van der Waals surface area contributed by atoms with Gasteiger partial charge in [-0.25, -0.2) is 4.98 Å². The average molecular weight is 276 g/mol. The van der Waals surface area contributed by atoms with Gasteiger partial charge in [-0.2, -0.15) is 5.10 Å². The summed E-state index contributed by atoms with van der Waals surface area (Å²) in [4.78, 5) is 16.2. The number of nitrogens with one attached hydrogen (secondary N) is 1. The number of aryl methyl sites for hydroxylation is 1. The van der Waals surface area contributed by atoms with E-state index in [2.05, 4.69) is 29.2 Å². The van der Waals surface area contributed by atoms with Crippen LogP contribution in [0.25, 0.3) is 0 Å². The molecular formula is C13H16N4OS. The molecule has 0 aliphatic carbocycles. The fraction of sp³-hybridized carbons (Fsp3) is 0.462. The lowest BCUT2D eigenvalue weighted by Crippen LogP contribution is -2.23. The number of amides is 1. The van der Waals surface area contributed by atoms with Crippen LogP contribution >= 0.6 is 11.3 Å². The Morgan fingerprint density at radius 1 is 1.58 bits per heavy atom. The summed E-state index contributed by atoms with van der Waals surface area (Å²) in [6.45, 7) is 5.06. The largest absolute Gasteiger partial charge is 0.309 e. The standard InChI is InChI=1S/C13H16N4OS/c1-3-4-17-8(2)12-9(10-6-19-7-14-10)5-11(18)15-13(12)16-17/h6-7,9H,3-5H2,1-2H3,(H,15,16,18). The maximum Gasteiger partial charge on any atom is 0.226 e. The molecule has 0 saturated heterocycles. The lowest BCUT2D eigenvalue weighted by molar-refractivity contribution is -0.116. The minimum atomic E-state index is 0.0200. The Morgan fingerprint density at radius 2 is 2.42 bits per heavy atom. The Labute approximate surface area is 115 Å². The molecule has 6 heteroatoms. The van der Waals surface area contributed by atoms with Crippen LogP contribution < -0.4 is 5.32 Å². The van der Waals surface area contributed by atoms with Crippen LogP contribution in [0.15, 0.2) is 10.9 Å². The number of thiazole rings is 1. The Bertz CT molecular complexity index is 602. The fourth-order valence-electron chi connectivity index (χ4n) is 2.62. The van der Waals surface area contributed by atoms with Crippen molar-refractivity contribution >= 4 is 23.1 Å². The van der Waals surface area contributed by atoms with E-state index < -0.39 is 0 Å². The van der Waals surface area contributed by atoms with Gasteiger partial charge in [-0.1, -0.05) is 6.92 Å². The van der Waals surface area contributed by atoms with Gasteiger partial charge in [0.1, 0.15) is 0 Å². The van der Waals surface area contributed by atoms with Gasteiger partial charge in [-0.15, -0.1) is 11.3 Å². The van der Waals surface area contributed by atoms with Crippen molar-refractivity contribution in [1.29, 1.82) is 0 Å². The van der Waals surface area contributed by atoms with Crippen LogP contribution in [0.4, 0.5) is 5.82 Å². The number of carbonyl (C=O) groups excluding carboxylic acids is 1. The second-order valence-electron chi connectivity index (χ2n) is 4.79. The van der Waals surface area contributed by atoms with E-state index in [1.54, 1.807) is 11.3 Å². The number of rotatable bonds is 3. The van der Waals surface area contributed by atoms with Gasteiger partial charge in [0.2, 0.25) is 5.91 Å². The minimum absolute atomic E-state index is 0.0200. The predicted molar refractivity (Wildman–Crippen MR) is 74.5 cm³/mol. The van der Waals surface area contributed by atoms with E-state index in [9.17, 15) is 4.79 Å². The summed E-state index contributed by atoms with van der Waals surface area (Å²) in [5, 5.41) is 9.40. The first kappa shape index (κ1) is 12.3. The Kier molecular flexibility index (Phi) is 3.10. The molecule has 2 aromatic rings. The number of fused-ring (bicyclic) bond motifs is 1. The topological polar surface area (TPSA) is 59.8 Å². The second-order valence-corrected chi connectivity index (χ2v) is 5.51. The normalized spacial score (nSPS) is 18.2. The molecule has 2 aromatic heterocycles. The van der Waals surface area contributed by atoms with E-state index in [1.807, 2.05) is 15.6 Å². The van der Waals surface area contributed by atoms with Crippen LogP contribution in [0.3, 0.4) is 0 Å². The van der Waals surface area contributed by atoms with E-state index in [0.29, 0.717) is 12.2 Å². The summed E-state index contributed by atoms with van der Waals surface area (Å²) in [5.41, 5.74) is 5.04. The zero-order chi connectivity index (χ0) is 13.4. The molecule has 3 rings (SSSR count). The van der Waals surface area contributed by atoms with Crippen LogP contribution in [-0.2, 0) is 11.3 Å². The van der Waals surface area contributed by atoms with Crippen molar-refractivity contribution in [3.63, 3.8) is 0 Å². The van der Waals surface area contributed by atoms with Gasteiger partial charge >= 0.3 is 0 Å². The maximum atomic E-state index is 11.8. The third kappa shape index (κ3) is 2.06. The number of aromatic nitrogens is 3. The zero-order valence-electron chi connectivity index (χ0n) is 11.0. The predicted octanol–water partition coefficient (Wildman–Crippen LogP) is 2.53. The van der Waals surface area contributed by atoms with E-state index >= 15 is 0 Å². The summed E-state index contributed by atoms with van der Waals surface area (Å²) >= 11 is 1.56. The Hall–Kier alpha value is -1.69. The molecule has 1 unspecified atom stereocenters. The van der Waals surface area contributed by atoms with Gasteiger partial charge in [0, 0.05) is 35.5 Å². The van der Waals surface area contributed by atoms with Gasteiger partial charge in [0.05, 0.1) is 11.2 Å². The highest BCUT2D eigenvalue weighted by Gasteiger charge is 2.32. The molecular weight excluding hydrogens is 260 g/mol. The molecule has 5 nitrogen and oxygen atoms in total. The van der Waals surface area contributed by atoms with Crippen molar-refractivity contribution in [3.8, 4) is 0 Å². The van der Waals surface area contributed by atoms with Crippen molar-refractivity contribution in [2.75, 3.05) is 5.32 Å². The van der Waals surface area contributed by atoms with Crippen molar-refractivity contribution in [1.82, 2.24) is 14.8 Å². The number of anilines is 1. The second kappa shape index (κ2) is 4.77. The molecule has 100 valence electrons. The first-order valence-corrected chi connectivity index (χ1v) is 7.40. The summed E-state index contributed by atoms with van der Waals surface area (Å²) in [6, 6.07) is 0. The first-order valence-electron chi connectivity index (χ1n) is 6.46. The van der Waals surface area contributed by atoms with Crippen LogP contribution in [-0.4, -0.2) is 20.7 Å². The minimum Gasteiger partial charge on any atom is -0.309 e. The highest BCUT2D eigenvalue weighted by molar-refractivity contribution is 7.07. The third-order valence-corrected chi connectivity index (χ3v) is 4.10. The van der Waals surface area contributed by atoms with Gasteiger partial charge in [-0.05, 0) is 13.3 Å². The van der Waals surface area contributed by atoms with Crippen LogP contribution in [0.2, 0.25) is 0 Å². The highest BCUT2D eigenvalue weighted by Crippen LogP contribution is 2.38. The summed E-state index contributed by atoms with van der Waals surface area (Å²) in [5.74, 6) is 0.771. The maximum absolute atomic E-state index is 11.8. The van der Waals surface area contributed by atoms with Crippen molar-refractivity contribution < 1.29 is 4.79 Å². The van der Waals surface area contributed by atoms with Crippen molar-refractivity contribution in [2.24, 2.45) is 0 Å². The molecule has 1 N–H and O–H groups in total. The van der Waals surface area contributed by atoms with E-state index in [-0.39, 0.29) is 11.8 Å². The molecule has 3 heterocycles. The average Bonchev–Trinajstić information content (AvgIpc) is 2.99. The molecule has 19 heavy (non-hydrogen) atoms. The lowest BCUT2D eigenvalue weighted by Gasteiger charge is -2.20. The molecule has 1 aliphatic rings. The number of nitrogens with zero attached hydrogens (tertiary/aromatic N) is 3. The molecule has 0 bridgehead atoms. The van der Waals surface area contributed by atoms with Crippen LogP contribution in [0.5, 0.6) is 0 Å². The molecule has 1 amide bonds. The van der Waals surface area contributed by atoms with Gasteiger partial charge in [0.15, 0.2) is 5.82 Å². The molecule has 0 spiro atoms. The third-order valence-electron chi connectivity index (χ3n) is 3.49. The van der Waals surface area contributed by atoms with Crippen molar-refractivity contribution in [3.05, 3.63) is 27.8 Å². The molecule has 0 aromatic carbocycles. The van der Waals surface area contributed by atoms with Gasteiger partial charge in [0.25, 0.3) is 0 Å². The van der Waals surface area contributed by atoms with Gasteiger partial charge < -0.3 is 5.32 Å². The van der Waals surface area contributed by atoms with E-state index in [0.717, 1.165) is 29.9 Å². The quantitative estimate of drug-likeness (QED) is 0.937. The monoisotopic (exact) mass is 276 g/mol.